The van der Waals surface area contributed by atoms with Crippen molar-refractivity contribution in [1.29, 1.82) is 5.26 Å². The van der Waals surface area contributed by atoms with E-state index in [0.717, 1.165) is 23.4 Å². The van der Waals surface area contributed by atoms with Crippen molar-refractivity contribution in [3.05, 3.63) is 65.9 Å². The maximum Gasteiger partial charge on any atom is 0.294 e. The van der Waals surface area contributed by atoms with Crippen molar-refractivity contribution < 1.29 is 17.8 Å². The van der Waals surface area contributed by atoms with Crippen molar-refractivity contribution in [3.63, 3.8) is 0 Å². The summed E-state index contributed by atoms with van der Waals surface area (Å²) in [5.74, 6) is -0.652. The Morgan fingerprint density at radius 1 is 1.04 bits per heavy atom. The fraction of sp³-hybridized carbons (Fsp3) is 0.200. The average Bonchev–Trinajstić information content (AvgIpc) is 2.61. The highest BCUT2D eigenvalue weighted by atomic mass is 32.2. The summed E-state index contributed by atoms with van der Waals surface area (Å²) in [4.78, 5) is 11.9. The van der Waals surface area contributed by atoms with E-state index in [1.165, 1.54) is 18.3 Å². The van der Waals surface area contributed by atoms with Gasteiger partial charge in [0.05, 0.1) is 4.90 Å². The number of rotatable bonds is 5. The molecule has 0 aliphatic rings. The molecule has 8 heteroatoms. The molecule has 0 atom stereocenters. The van der Waals surface area contributed by atoms with Crippen LogP contribution >= 0.6 is 0 Å². The molecule has 0 aromatic heterocycles. The summed E-state index contributed by atoms with van der Waals surface area (Å²) in [5.41, 5.74) is 2.04. The van der Waals surface area contributed by atoms with Gasteiger partial charge in [-0.05, 0) is 47.4 Å². The second kappa shape index (κ2) is 8.25. The van der Waals surface area contributed by atoms with Crippen molar-refractivity contribution in [2.24, 2.45) is 0 Å². The second-order valence-electron chi connectivity index (χ2n) is 7.10. The Hall–Kier alpha value is -3.15. The summed E-state index contributed by atoms with van der Waals surface area (Å²) in [6, 6.07) is 14.4. The maximum absolute atomic E-state index is 12.2. The third-order valence-electron chi connectivity index (χ3n) is 3.91. The molecule has 0 bridgehead atoms. The number of carbonyl (C=O) groups excluding carboxylic acids is 1. The zero-order valence-corrected chi connectivity index (χ0v) is 16.5. The lowest BCUT2D eigenvalue weighted by atomic mass is 9.87. The number of hydrogen-bond acceptors (Lipinski definition) is 5. The Labute approximate surface area is 164 Å². The molecule has 2 rings (SSSR count). The summed E-state index contributed by atoms with van der Waals surface area (Å²) in [6.07, 6.45) is 1.30. The molecule has 2 aromatic rings. The number of amides is 1. The highest BCUT2D eigenvalue weighted by molar-refractivity contribution is 7.85. The van der Waals surface area contributed by atoms with Crippen LogP contribution in [0.4, 0.5) is 11.4 Å². The number of anilines is 2. The molecule has 1 amide bonds. The first-order valence-electron chi connectivity index (χ1n) is 8.37. The molecule has 2 aromatic carbocycles. The SMILES string of the molecule is CC(C)(C)c1ccc(N/C=C(/C#N)C(=O)Nc2ccc(S(=O)(=O)O)cc2)cc1. The zero-order valence-electron chi connectivity index (χ0n) is 15.7. The van der Waals surface area contributed by atoms with Crippen molar-refractivity contribution in [3.8, 4) is 6.07 Å². The van der Waals surface area contributed by atoms with Gasteiger partial charge in [-0.1, -0.05) is 32.9 Å². The lowest BCUT2D eigenvalue weighted by Crippen LogP contribution is -2.14. The second-order valence-corrected chi connectivity index (χ2v) is 8.52. The van der Waals surface area contributed by atoms with Gasteiger partial charge in [0.2, 0.25) is 0 Å². The summed E-state index contributed by atoms with van der Waals surface area (Å²) in [5, 5.41) is 14.6. The molecule has 146 valence electrons. The van der Waals surface area contributed by atoms with Gasteiger partial charge in [0.15, 0.2) is 0 Å². The van der Waals surface area contributed by atoms with E-state index in [1.807, 2.05) is 30.3 Å². The lowest BCUT2D eigenvalue weighted by Gasteiger charge is -2.19. The molecule has 0 radical (unpaired) electrons. The van der Waals surface area contributed by atoms with Crippen LogP contribution in [-0.2, 0) is 20.3 Å². The van der Waals surface area contributed by atoms with Gasteiger partial charge in [0.25, 0.3) is 16.0 Å². The molecule has 0 fully saturated rings. The Bertz CT molecular complexity index is 1030. The standard InChI is InChI=1S/C20H21N3O4S/c1-20(2,3)15-4-6-16(7-5-15)22-13-14(12-21)19(24)23-17-8-10-18(11-9-17)28(25,26)27/h4-11,13,22H,1-3H3,(H,23,24)(H,25,26,27)/b14-13-. The van der Waals surface area contributed by atoms with Gasteiger partial charge < -0.3 is 10.6 Å². The fourth-order valence-electron chi connectivity index (χ4n) is 2.28. The van der Waals surface area contributed by atoms with Crippen LogP contribution in [0, 0.1) is 11.3 Å². The first-order chi connectivity index (χ1) is 13.0. The van der Waals surface area contributed by atoms with Crippen molar-refractivity contribution in [2.45, 2.75) is 31.1 Å². The highest BCUT2D eigenvalue weighted by Gasteiger charge is 2.14. The summed E-state index contributed by atoms with van der Waals surface area (Å²) in [7, 11) is -4.31. The minimum Gasteiger partial charge on any atom is -0.360 e. The predicted molar refractivity (Wildman–Crippen MR) is 107 cm³/mol. The smallest absolute Gasteiger partial charge is 0.294 e. The number of benzene rings is 2. The van der Waals surface area contributed by atoms with E-state index in [-0.39, 0.29) is 21.6 Å². The summed E-state index contributed by atoms with van der Waals surface area (Å²) >= 11 is 0. The average molecular weight is 399 g/mol. The van der Waals surface area contributed by atoms with Crippen LogP contribution in [0.5, 0.6) is 0 Å². The largest absolute Gasteiger partial charge is 0.360 e. The van der Waals surface area contributed by atoms with E-state index >= 15 is 0 Å². The van der Waals surface area contributed by atoms with Gasteiger partial charge in [-0.25, -0.2) is 0 Å². The van der Waals surface area contributed by atoms with Crippen LogP contribution in [0.1, 0.15) is 26.3 Å². The first-order valence-corrected chi connectivity index (χ1v) is 9.81. The fourth-order valence-corrected chi connectivity index (χ4v) is 2.76. The molecule has 28 heavy (non-hydrogen) atoms. The molecular weight excluding hydrogens is 378 g/mol. The van der Waals surface area contributed by atoms with Gasteiger partial charge in [-0.15, -0.1) is 0 Å². The van der Waals surface area contributed by atoms with E-state index in [9.17, 15) is 18.5 Å². The van der Waals surface area contributed by atoms with Gasteiger partial charge in [0, 0.05) is 17.6 Å². The van der Waals surface area contributed by atoms with Crippen LogP contribution in [0.2, 0.25) is 0 Å². The Morgan fingerprint density at radius 3 is 2.04 bits per heavy atom. The van der Waals surface area contributed by atoms with Crippen LogP contribution in [-0.4, -0.2) is 18.9 Å². The van der Waals surface area contributed by atoms with Gasteiger partial charge in [0.1, 0.15) is 11.6 Å². The third kappa shape index (κ3) is 5.67. The van der Waals surface area contributed by atoms with Crippen LogP contribution in [0.3, 0.4) is 0 Å². The van der Waals surface area contributed by atoms with E-state index in [2.05, 4.69) is 31.4 Å². The van der Waals surface area contributed by atoms with Gasteiger partial charge in [-0.2, -0.15) is 13.7 Å². The molecule has 0 unspecified atom stereocenters. The van der Waals surface area contributed by atoms with Gasteiger partial charge in [-0.3, -0.25) is 9.35 Å². The van der Waals surface area contributed by atoms with Crippen LogP contribution in [0.15, 0.2) is 65.2 Å². The molecule has 7 nitrogen and oxygen atoms in total. The number of carbonyl (C=O) groups is 1. The summed E-state index contributed by atoms with van der Waals surface area (Å²) < 4.78 is 31.0. The van der Waals surface area contributed by atoms with Crippen LogP contribution in [0.25, 0.3) is 0 Å². The zero-order chi connectivity index (χ0) is 20.9. The minimum absolute atomic E-state index is 0.0248. The topological polar surface area (TPSA) is 119 Å². The predicted octanol–water partition coefficient (Wildman–Crippen LogP) is 3.69. The van der Waals surface area contributed by atoms with E-state index in [1.54, 1.807) is 0 Å². The lowest BCUT2D eigenvalue weighted by molar-refractivity contribution is -0.112. The Morgan fingerprint density at radius 2 is 1.57 bits per heavy atom. The monoisotopic (exact) mass is 399 g/mol. The normalized spacial score (nSPS) is 12.2. The molecule has 3 N–H and O–H groups in total. The molecule has 0 spiro atoms. The Kier molecular flexibility index (Phi) is 6.23. The van der Waals surface area contributed by atoms with E-state index < -0.39 is 16.0 Å². The maximum atomic E-state index is 12.2. The molecular formula is C20H21N3O4S. The minimum atomic E-state index is -4.31. The molecule has 0 aliphatic carbocycles. The molecule has 0 saturated heterocycles. The molecule has 0 saturated carbocycles. The molecule has 0 heterocycles. The first kappa shape index (κ1) is 21.2. The van der Waals surface area contributed by atoms with Gasteiger partial charge >= 0.3 is 0 Å². The van der Waals surface area contributed by atoms with Crippen molar-refractivity contribution in [1.82, 2.24) is 0 Å². The number of hydrogen-bond donors (Lipinski definition) is 3. The Balaban J connectivity index is 2.07. The quantitative estimate of drug-likeness (QED) is 0.401. The van der Waals surface area contributed by atoms with Crippen LogP contribution < -0.4 is 10.6 Å². The third-order valence-corrected chi connectivity index (χ3v) is 4.78. The highest BCUT2D eigenvalue weighted by Crippen LogP contribution is 2.23. The number of nitriles is 1. The van der Waals surface area contributed by atoms with Crippen molar-refractivity contribution in [2.75, 3.05) is 10.6 Å². The number of nitrogens with one attached hydrogen (secondary N) is 2. The molecule has 0 aliphatic heterocycles. The van der Waals surface area contributed by atoms with E-state index in [0.29, 0.717) is 0 Å². The number of nitrogens with zero attached hydrogens (tertiary/aromatic N) is 1. The summed E-state index contributed by atoms with van der Waals surface area (Å²) in [6.45, 7) is 6.32. The van der Waals surface area contributed by atoms with E-state index in [4.69, 9.17) is 4.55 Å². The van der Waals surface area contributed by atoms with Crippen molar-refractivity contribution >= 4 is 27.4 Å².